The minimum atomic E-state index is -3.37. The first-order valence-corrected chi connectivity index (χ1v) is 9.70. The first-order chi connectivity index (χ1) is 10.2. The molecule has 1 aliphatic heterocycles. The standard InChI is InChI=1S/C15H30N2O4S/c1-11(2)9-13(10-18)16-15(19)14(12(3)4)17-7-5-6-8-22(17,20)21/h11-14,18H,5-10H2,1-4H3,(H,16,19). The fourth-order valence-electron chi connectivity index (χ4n) is 2.92. The summed E-state index contributed by atoms with van der Waals surface area (Å²) in [5.41, 5.74) is 0. The highest BCUT2D eigenvalue weighted by atomic mass is 32.2. The largest absolute Gasteiger partial charge is 0.394 e. The molecule has 1 saturated heterocycles. The van der Waals surface area contributed by atoms with Crippen LogP contribution in [-0.2, 0) is 14.8 Å². The molecule has 0 bridgehead atoms. The van der Waals surface area contributed by atoms with Crippen molar-refractivity contribution < 1.29 is 18.3 Å². The Morgan fingerprint density at radius 1 is 1.23 bits per heavy atom. The summed E-state index contributed by atoms with van der Waals surface area (Å²) < 4.78 is 25.9. The highest BCUT2D eigenvalue weighted by molar-refractivity contribution is 7.89. The maximum Gasteiger partial charge on any atom is 0.239 e. The van der Waals surface area contributed by atoms with Crippen molar-refractivity contribution in [1.82, 2.24) is 9.62 Å². The van der Waals surface area contributed by atoms with Crippen molar-refractivity contribution >= 4 is 15.9 Å². The van der Waals surface area contributed by atoms with E-state index in [4.69, 9.17) is 0 Å². The summed E-state index contributed by atoms with van der Waals surface area (Å²) in [5.74, 6) is 0.0268. The van der Waals surface area contributed by atoms with Crippen LogP contribution in [0.4, 0.5) is 0 Å². The Balaban J connectivity index is 2.88. The number of hydrogen-bond acceptors (Lipinski definition) is 4. The summed E-state index contributed by atoms with van der Waals surface area (Å²) in [6.07, 6.45) is 2.10. The van der Waals surface area contributed by atoms with Crippen molar-refractivity contribution in [2.75, 3.05) is 18.9 Å². The third-order valence-electron chi connectivity index (χ3n) is 3.92. The van der Waals surface area contributed by atoms with E-state index in [1.54, 1.807) is 0 Å². The monoisotopic (exact) mass is 334 g/mol. The summed E-state index contributed by atoms with van der Waals surface area (Å²) in [7, 11) is -3.37. The lowest BCUT2D eigenvalue weighted by atomic mass is 10.0. The maximum atomic E-state index is 12.6. The van der Waals surface area contributed by atoms with E-state index in [1.165, 1.54) is 4.31 Å². The Morgan fingerprint density at radius 3 is 2.32 bits per heavy atom. The van der Waals surface area contributed by atoms with E-state index in [0.717, 1.165) is 6.42 Å². The van der Waals surface area contributed by atoms with E-state index < -0.39 is 16.1 Å². The van der Waals surface area contributed by atoms with Gasteiger partial charge in [-0.25, -0.2) is 8.42 Å². The summed E-state index contributed by atoms with van der Waals surface area (Å²) in [5, 5.41) is 12.2. The highest BCUT2D eigenvalue weighted by Crippen LogP contribution is 2.22. The second-order valence-corrected chi connectivity index (χ2v) is 8.88. The van der Waals surface area contributed by atoms with Gasteiger partial charge in [0.15, 0.2) is 0 Å². The molecular weight excluding hydrogens is 304 g/mol. The van der Waals surface area contributed by atoms with Crippen molar-refractivity contribution in [3.8, 4) is 0 Å². The van der Waals surface area contributed by atoms with E-state index in [0.29, 0.717) is 25.3 Å². The van der Waals surface area contributed by atoms with Gasteiger partial charge in [0.2, 0.25) is 15.9 Å². The molecule has 22 heavy (non-hydrogen) atoms. The van der Waals surface area contributed by atoms with E-state index in [9.17, 15) is 18.3 Å². The Morgan fingerprint density at radius 2 is 1.86 bits per heavy atom. The number of aliphatic hydroxyl groups is 1. The van der Waals surface area contributed by atoms with Crippen LogP contribution in [0.3, 0.4) is 0 Å². The first kappa shape index (κ1) is 19.4. The molecule has 1 amide bonds. The zero-order valence-electron chi connectivity index (χ0n) is 14.1. The van der Waals surface area contributed by atoms with Crippen LogP contribution in [0.1, 0.15) is 47.0 Å². The zero-order chi connectivity index (χ0) is 16.9. The predicted molar refractivity (Wildman–Crippen MR) is 86.8 cm³/mol. The van der Waals surface area contributed by atoms with Crippen LogP contribution in [0.15, 0.2) is 0 Å². The van der Waals surface area contributed by atoms with E-state index in [2.05, 4.69) is 5.32 Å². The molecule has 7 heteroatoms. The molecule has 1 heterocycles. The summed E-state index contributed by atoms with van der Waals surface area (Å²) in [6, 6.07) is -1.03. The number of aliphatic hydroxyl groups excluding tert-OH is 1. The third-order valence-corrected chi connectivity index (χ3v) is 5.85. The molecule has 0 spiro atoms. The fourth-order valence-corrected chi connectivity index (χ4v) is 4.82. The SMILES string of the molecule is CC(C)CC(CO)NC(=O)C(C(C)C)N1CCCCS1(=O)=O. The van der Waals surface area contributed by atoms with Gasteiger partial charge in [0, 0.05) is 6.54 Å². The van der Waals surface area contributed by atoms with Gasteiger partial charge < -0.3 is 10.4 Å². The van der Waals surface area contributed by atoms with Gasteiger partial charge in [0.25, 0.3) is 0 Å². The van der Waals surface area contributed by atoms with Gasteiger partial charge in [-0.2, -0.15) is 4.31 Å². The number of sulfonamides is 1. The second kappa shape index (κ2) is 8.26. The molecule has 2 atom stereocenters. The van der Waals surface area contributed by atoms with Crippen LogP contribution in [0.2, 0.25) is 0 Å². The average molecular weight is 334 g/mol. The molecule has 130 valence electrons. The molecular formula is C15H30N2O4S. The molecule has 2 N–H and O–H groups in total. The van der Waals surface area contributed by atoms with Gasteiger partial charge in [-0.3, -0.25) is 4.79 Å². The average Bonchev–Trinajstić information content (AvgIpc) is 2.39. The minimum Gasteiger partial charge on any atom is -0.394 e. The number of amides is 1. The normalized spacial score (nSPS) is 21.8. The summed E-state index contributed by atoms with van der Waals surface area (Å²) in [6.45, 7) is 8.00. The molecule has 6 nitrogen and oxygen atoms in total. The fraction of sp³-hybridized carbons (Fsp3) is 0.933. The molecule has 0 saturated carbocycles. The number of nitrogens with zero attached hydrogens (tertiary/aromatic N) is 1. The lowest BCUT2D eigenvalue weighted by molar-refractivity contribution is -0.127. The third kappa shape index (κ3) is 5.21. The molecule has 0 aliphatic carbocycles. The van der Waals surface area contributed by atoms with Crippen LogP contribution in [0.5, 0.6) is 0 Å². The van der Waals surface area contributed by atoms with Crippen LogP contribution >= 0.6 is 0 Å². The topological polar surface area (TPSA) is 86.7 Å². The smallest absolute Gasteiger partial charge is 0.239 e. The second-order valence-electron chi connectivity index (χ2n) is 6.84. The Kier molecular flexibility index (Phi) is 7.28. The maximum absolute atomic E-state index is 12.6. The Labute approximate surface area is 134 Å². The molecule has 1 fully saturated rings. The molecule has 0 aromatic rings. The van der Waals surface area contributed by atoms with Gasteiger partial charge >= 0.3 is 0 Å². The summed E-state index contributed by atoms with van der Waals surface area (Å²) >= 11 is 0. The van der Waals surface area contributed by atoms with Gasteiger partial charge in [-0.1, -0.05) is 27.7 Å². The van der Waals surface area contributed by atoms with Crippen LogP contribution in [0, 0.1) is 11.8 Å². The predicted octanol–water partition coefficient (Wildman–Crippen LogP) is 0.960. The van der Waals surface area contributed by atoms with E-state index >= 15 is 0 Å². The lowest BCUT2D eigenvalue weighted by Crippen LogP contribution is -2.56. The molecule has 2 unspecified atom stereocenters. The lowest BCUT2D eigenvalue weighted by Gasteiger charge is -2.35. The van der Waals surface area contributed by atoms with Crippen molar-refractivity contribution in [2.24, 2.45) is 11.8 Å². The Bertz CT molecular complexity index is 462. The van der Waals surface area contributed by atoms with Crippen molar-refractivity contribution in [3.05, 3.63) is 0 Å². The highest BCUT2D eigenvalue weighted by Gasteiger charge is 2.38. The van der Waals surface area contributed by atoms with Crippen molar-refractivity contribution in [2.45, 2.75) is 59.0 Å². The Hall–Kier alpha value is -0.660. The number of carbonyl (C=O) groups is 1. The van der Waals surface area contributed by atoms with Gasteiger partial charge in [-0.15, -0.1) is 0 Å². The van der Waals surface area contributed by atoms with Crippen molar-refractivity contribution in [3.63, 3.8) is 0 Å². The quantitative estimate of drug-likeness (QED) is 0.726. The molecule has 0 radical (unpaired) electrons. The first-order valence-electron chi connectivity index (χ1n) is 8.09. The van der Waals surface area contributed by atoms with Crippen molar-refractivity contribution in [1.29, 1.82) is 0 Å². The molecule has 1 rings (SSSR count). The number of rotatable bonds is 7. The molecule has 1 aliphatic rings. The number of carbonyl (C=O) groups excluding carboxylic acids is 1. The molecule has 0 aromatic heterocycles. The van der Waals surface area contributed by atoms with Gasteiger partial charge in [0.1, 0.15) is 6.04 Å². The molecule has 0 aromatic carbocycles. The van der Waals surface area contributed by atoms with E-state index in [-0.39, 0.29) is 30.2 Å². The minimum absolute atomic E-state index is 0.110. The number of hydrogen-bond donors (Lipinski definition) is 2. The van der Waals surface area contributed by atoms with Crippen LogP contribution in [-0.4, -0.2) is 54.7 Å². The van der Waals surface area contributed by atoms with Gasteiger partial charge in [-0.05, 0) is 31.1 Å². The van der Waals surface area contributed by atoms with Gasteiger partial charge in [0.05, 0.1) is 18.4 Å². The zero-order valence-corrected chi connectivity index (χ0v) is 14.9. The van der Waals surface area contributed by atoms with Crippen LogP contribution < -0.4 is 5.32 Å². The van der Waals surface area contributed by atoms with Crippen LogP contribution in [0.25, 0.3) is 0 Å². The van der Waals surface area contributed by atoms with E-state index in [1.807, 2.05) is 27.7 Å². The summed E-state index contributed by atoms with van der Waals surface area (Å²) in [4.78, 5) is 12.6. The number of nitrogens with one attached hydrogen (secondary N) is 1.